The molecule has 24 heavy (non-hydrogen) atoms. The lowest BCUT2D eigenvalue weighted by Gasteiger charge is -2.20. The molecule has 0 aliphatic carbocycles. The van der Waals surface area contributed by atoms with Gasteiger partial charge in [0.2, 0.25) is 0 Å². The van der Waals surface area contributed by atoms with Gasteiger partial charge in [0.15, 0.2) is 0 Å². The Balaban J connectivity index is 1.80. The average molecular weight is 364 g/mol. The lowest BCUT2D eigenvalue weighted by Crippen LogP contribution is -2.22. The number of hydrogen-bond donors (Lipinski definition) is 3. The van der Waals surface area contributed by atoms with Gasteiger partial charge in [0, 0.05) is 24.3 Å². The van der Waals surface area contributed by atoms with Gasteiger partial charge in [0.1, 0.15) is 5.82 Å². The predicted octanol–water partition coefficient (Wildman–Crippen LogP) is 3.08. The molecule has 5 nitrogen and oxygen atoms in total. The number of rotatable bonds is 2. The van der Waals surface area contributed by atoms with Gasteiger partial charge in [-0.2, -0.15) is 0 Å². The second kappa shape index (κ2) is 5.93. The van der Waals surface area contributed by atoms with Crippen molar-refractivity contribution in [3.8, 4) is 11.4 Å². The molecule has 1 aromatic heterocycles. The Hall–Kier alpha value is -1.79. The molecule has 0 saturated carbocycles. The van der Waals surface area contributed by atoms with Crippen molar-refractivity contribution in [2.45, 2.75) is 12.2 Å². The number of imidazole rings is 1. The van der Waals surface area contributed by atoms with Crippen LogP contribution in [0.4, 0.5) is 5.69 Å². The number of para-hydroxylation sites is 1. The predicted molar refractivity (Wildman–Crippen MR) is 95.8 cm³/mol. The Bertz CT molecular complexity index is 863. The number of H-pyrrole nitrogens is 1. The highest BCUT2D eigenvalue weighted by Crippen LogP contribution is 2.34. The maximum absolute atomic E-state index is 9.82. The SMILES string of the molecule is OC1CN(c2ccccc2-c2nc3cc(Cl)c(Cl)cc3[nH]2)CC1O. The summed E-state index contributed by atoms with van der Waals surface area (Å²) in [6.45, 7) is 0.770. The van der Waals surface area contributed by atoms with E-state index in [1.54, 1.807) is 12.1 Å². The summed E-state index contributed by atoms with van der Waals surface area (Å²) in [6, 6.07) is 11.2. The fourth-order valence-electron chi connectivity index (χ4n) is 3.05. The zero-order valence-corrected chi connectivity index (χ0v) is 14.1. The molecular formula is C17H15Cl2N3O2. The second-order valence-corrected chi connectivity index (χ2v) is 6.74. The summed E-state index contributed by atoms with van der Waals surface area (Å²) in [6.07, 6.45) is -1.49. The van der Waals surface area contributed by atoms with Crippen LogP contribution in [0.1, 0.15) is 0 Å². The summed E-state index contributed by atoms with van der Waals surface area (Å²) >= 11 is 12.1. The number of halogens is 2. The van der Waals surface area contributed by atoms with E-state index in [9.17, 15) is 10.2 Å². The zero-order chi connectivity index (χ0) is 16.8. The van der Waals surface area contributed by atoms with Crippen molar-refractivity contribution < 1.29 is 10.2 Å². The van der Waals surface area contributed by atoms with Crippen LogP contribution in [0.25, 0.3) is 22.4 Å². The van der Waals surface area contributed by atoms with Crippen molar-refractivity contribution in [2.24, 2.45) is 0 Å². The normalized spacial score (nSPS) is 20.9. The molecule has 1 aliphatic rings. The minimum atomic E-state index is -0.744. The third-order valence-corrected chi connectivity index (χ3v) is 5.00. The summed E-state index contributed by atoms with van der Waals surface area (Å²) < 4.78 is 0. The summed E-state index contributed by atoms with van der Waals surface area (Å²) in [7, 11) is 0. The lowest BCUT2D eigenvalue weighted by molar-refractivity contribution is 0.0572. The number of fused-ring (bicyclic) bond motifs is 1. The van der Waals surface area contributed by atoms with Crippen molar-refractivity contribution in [2.75, 3.05) is 18.0 Å². The lowest BCUT2D eigenvalue weighted by atomic mass is 10.1. The van der Waals surface area contributed by atoms with E-state index in [4.69, 9.17) is 23.2 Å². The van der Waals surface area contributed by atoms with Crippen molar-refractivity contribution in [1.82, 2.24) is 9.97 Å². The number of aliphatic hydroxyl groups is 2. The highest BCUT2D eigenvalue weighted by atomic mass is 35.5. The summed E-state index contributed by atoms with van der Waals surface area (Å²) in [5.41, 5.74) is 3.33. The minimum Gasteiger partial charge on any atom is -0.389 e. The number of benzene rings is 2. The first-order valence-electron chi connectivity index (χ1n) is 7.58. The molecule has 0 radical (unpaired) electrons. The second-order valence-electron chi connectivity index (χ2n) is 5.93. The third kappa shape index (κ3) is 2.63. The fraction of sp³-hybridized carbons (Fsp3) is 0.235. The molecule has 2 atom stereocenters. The number of aliphatic hydroxyl groups excluding tert-OH is 2. The van der Waals surface area contributed by atoms with Gasteiger partial charge in [-0.25, -0.2) is 4.98 Å². The van der Waals surface area contributed by atoms with Crippen LogP contribution < -0.4 is 4.90 Å². The van der Waals surface area contributed by atoms with Gasteiger partial charge in [-0.05, 0) is 24.3 Å². The van der Waals surface area contributed by atoms with Gasteiger partial charge in [-0.15, -0.1) is 0 Å². The number of aromatic nitrogens is 2. The molecule has 7 heteroatoms. The van der Waals surface area contributed by atoms with Gasteiger partial charge in [-0.1, -0.05) is 35.3 Å². The highest BCUT2D eigenvalue weighted by Gasteiger charge is 2.31. The topological polar surface area (TPSA) is 72.4 Å². The number of anilines is 1. The third-order valence-electron chi connectivity index (χ3n) is 4.28. The van der Waals surface area contributed by atoms with Crippen LogP contribution >= 0.6 is 23.2 Å². The first-order chi connectivity index (χ1) is 11.5. The monoisotopic (exact) mass is 363 g/mol. The quantitative estimate of drug-likeness (QED) is 0.654. The standard InChI is InChI=1S/C17H15Cl2N3O2/c18-10-5-12-13(6-11(10)19)21-17(20-12)9-3-1-2-4-14(9)22-7-15(23)16(24)8-22/h1-6,15-16,23-24H,7-8H2,(H,20,21). The Labute approximate surface area is 148 Å². The average Bonchev–Trinajstić information content (AvgIpc) is 3.11. The fourth-order valence-corrected chi connectivity index (χ4v) is 3.37. The molecule has 4 rings (SSSR count). The molecule has 2 aromatic carbocycles. The zero-order valence-electron chi connectivity index (χ0n) is 12.6. The molecule has 0 amide bonds. The van der Waals surface area contributed by atoms with Crippen molar-refractivity contribution >= 4 is 39.9 Å². The number of aromatic amines is 1. The van der Waals surface area contributed by atoms with Crippen LogP contribution in [0.2, 0.25) is 10.0 Å². The van der Waals surface area contributed by atoms with Gasteiger partial charge in [0.05, 0.1) is 33.3 Å². The van der Waals surface area contributed by atoms with Crippen molar-refractivity contribution in [3.05, 3.63) is 46.4 Å². The number of nitrogens with one attached hydrogen (secondary N) is 1. The van der Waals surface area contributed by atoms with Crippen molar-refractivity contribution in [3.63, 3.8) is 0 Å². The van der Waals surface area contributed by atoms with Crippen LogP contribution in [-0.2, 0) is 0 Å². The molecule has 0 bridgehead atoms. The molecule has 3 N–H and O–H groups in total. The summed E-state index contributed by atoms with van der Waals surface area (Å²) in [4.78, 5) is 9.82. The van der Waals surface area contributed by atoms with E-state index in [-0.39, 0.29) is 0 Å². The molecule has 2 unspecified atom stereocenters. The highest BCUT2D eigenvalue weighted by molar-refractivity contribution is 6.42. The number of hydrogen-bond acceptors (Lipinski definition) is 4. The molecule has 2 heterocycles. The van der Waals surface area contributed by atoms with Gasteiger partial charge >= 0.3 is 0 Å². The Morgan fingerprint density at radius 3 is 2.46 bits per heavy atom. The maximum Gasteiger partial charge on any atom is 0.140 e. The number of β-amino-alcohol motifs (C(OH)–C–C–N with tert-alkyl or cyclic N) is 2. The van der Waals surface area contributed by atoms with E-state index in [1.165, 1.54) is 0 Å². The smallest absolute Gasteiger partial charge is 0.140 e. The van der Waals surface area contributed by atoms with Gasteiger partial charge in [-0.3, -0.25) is 0 Å². The summed E-state index contributed by atoms with van der Waals surface area (Å²) in [5, 5.41) is 20.6. The van der Waals surface area contributed by atoms with Crippen LogP contribution in [0, 0.1) is 0 Å². The van der Waals surface area contributed by atoms with E-state index in [0.29, 0.717) is 29.0 Å². The molecule has 1 fully saturated rings. The Morgan fingerprint density at radius 1 is 1.04 bits per heavy atom. The van der Waals surface area contributed by atoms with E-state index in [2.05, 4.69) is 9.97 Å². The first kappa shape index (κ1) is 15.7. The van der Waals surface area contributed by atoms with Gasteiger partial charge < -0.3 is 20.1 Å². The Morgan fingerprint density at radius 2 is 1.71 bits per heavy atom. The molecule has 0 spiro atoms. The van der Waals surface area contributed by atoms with Crippen molar-refractivity contribution in [1.29, 1.82) is 0 Å². The Kier molecular flexibility index (Phi) is 3.89. The van der Waals surface area contributed by atoms with Crippen LogP contribution in [0.3, 0.4) is 0 Å². The molecular weight excluding hydrogens is 349 g/mol. The van der Waals surface area contributed by atoms with E-state index >= 15 is 0 Å². The molecule has 3 aromatic rings. The largest absolute Gasteiger partial charge is 0.389 e. The molecule has 1 aliphatic heterocycles. The first-order valence-corrected chi connectivity index (χ1v) is 8.34. The van der Waals surface area contributed by atoms with Gasteiger partial charge in [0.25, 0.3) is 0 Å². The van der Waals surface area contributed by atoms with E-state index in [1.807, 2.05) is 29.2 Å². The number of nitrogens with zero attached hydrogens (tertiary/aromatic N) is 2. The van der Waals surface area contributed by atoms with Crippen LogP contribution in [-0.4, -0.2) is 45.5 Å². The minimum absolute atomic E-state index is 0.385. The van der Waals surface area contributed by atoms with E-state index in [0.717, 1.165) is 22.3 Å². The molecule has 124 valence electrons. The van der Waals surface area contributed by atoms with Crippen LogP contribution in [0.15, 0.2) is 36.4 Å². The maximum atomic E-state index is 9.82. The summed E-state index contributed by atoms with van der Waals surface area (Å²) in [5.74, 6) is 0.690. The molecule has 1 saturated heterocycles. The van der Waals surface area contributed by atoms with Crippen LogP contribution in [0.5, 0.6) is 0 Å². The van der Waals surface area contributed by atoms with E-state index < -0.39 is 12.2 Å².